The zero-order chi connectivity index (χ0) is 59.5. The van der Waals surface area contributed by atoms with Gasteiger partial charge < -0.3 is 65.1 Å². The first kappa shape index (κ1) is 74.5. The van der Waals surface area contributed by atoms with Crippen molar-refractivity contribution in [3.63, 3.8) is 0 Å². The number of ether oxygens (including phenoxy) is 4. The lowest BCUT2D eigenvalue weighted by Gasteiger charge is -2.46. The molecule has 0 saturated carbocycles. The van der Waals surface area contributed by atoms with Gasteiger partial charge in [-0.05, 0) is 103 Å². The fraction of sp³-hybridized carbons (Fsp3) is 0.691. The van der Waals surface area contributed by atoms with E-state index < -0.39 is 86.8 Å². The summed E-state index contributed by atoms with van der Waals surface area (Å²) in [6.45, 7) is 2.63. The Bertz CT molecular complexity index is 1840. The summed E-state index contributed by atoms with van der Waals surface area (Å²) >= 11 is 0. The van der Waals surface area contributed by atoms with Gasteiger partial charge in [-0.1, -0.05) is 219 Å². The minimum absolute atomic E-state index is 0.254. The molecule has 468 valence electrons. The molecule has 82 heavy (non-hydrogen) atoms. The van der Waals surface area contributed by atoms with Crippen molar-refractivity contribution in [2.75, 3.05) is 19.8 Å². The number of nitrogens with one attached hydrogen (secondary N) is 1. The van der Waals surface area contributed by atoms with Crippen molar-refractivity contribution in [1.29, 1.82) is 0 Å². The summed E-state index contributed by atoms with van der Waals surface area (Å²) < 4.78 is 22.8. The normalized spacial score (nSPS) is 24.8. The van der Waals surface area contributed by atoms with Gasteiger partial charge in [0, 0.05) is 6.42 Å². The highest BCUT2D eigenvalue weighted by Gasteiger charge is 2.51. The molecule has 14 heteroatoms. The van der Waals surface area contributed by atoms with Gasteiger partial charge in [0.2, 0.25) is 5.91 Å². The number of rotatable bonds is 49. The van der Waals surface area contributed by atoms with E-state index in [-0.39, 0.29) is 18.9 Å². The maximum atomic E-state index is 13.3. The Morgan fingerprint density at radius 3 is 1.34 bits per heavy atom. The Hall–Kier alpha value is -3.61. The second kappa shape index (κ2) is 51.8. The van der Waals surface area contributed by atoms with Crippen molar-refractivity contribution in [2.45, 2.75) is 280 Å². The second-order valence-electron chi connectivity index (χ2n) is 21.8. The maximum Gasteiger partial charge on any atom is 0.220 e. The van der Waals surface area contributed by atoms with Gasteiger partial charge in [0.1, 0.15) is 48.8 Å². The van der Waals surface area contributed by atoms with Crippen LogP contribution in [0, 0.1) is 0 Å². The van der Waals surface area contributed by atoms with Crippen LogP contribution >= 0.6 is 0 Å². The molecule has 2 fully saturated rings. The van der Waals surface area contributed by atoms with Crippen LogP contribution in [0.3, 0.4) is 0 Å². The standard InChI is InChI=1S/C68H113NO13/c1-3-5-7-9-11-13-15-17-19-21-22-23-24-25-26-27-28-29-30-31-32-33-34-36-38-40-42-44-46-48-50-52-60(73)69-56(57(72)51-49-47-45-43-41-39-37-35-20-18-16-14-12-10-8-6-4-2)55-79-67-65(78)63(76)66(59(54-71)81-67)82-68-64(77)62(75)61(74)58(53-70)80-68/h5,7,11,13,17,19-20,22-23,25-26,28-29,31-32,35,41,43,49,51,56-59,61-68,70-72,74-78H,3-4,6,8-10,12,14-16,18,21,24,27,30,33-34,36-40,42,44-48,50,52-55H2,1-2H3,(H,69,73)/b7-5-,13-11-,19-17-,23-22-,26-25-,29-28-,32-31-,35-20+,43-41+,51-49+. The van der Waals surface area contributed by atoms with E-state index in [2.05, 4.69) is 129 Å². The van der Waals surface area contributed by atoms with Crippen molar-refractivity contribution in [3.8, 4) is 0 Å². The highest BCUT2D eigenvalue weighted by Crippen LogP contribution is 2.30. The molecular formula is C68H113NO13. The first-order valence-corrected chi connectivity index (χ1v) is 31.8. The van der Waals surface area contributed by atoms with E-state index >= 15 is 0 Å². The molecular weight excluding hydrogens is 1040 g/mol. The smallest absolute Gasteiger partial charge is 0.220 e. The van der Waals surface area contributed by atoms with Gasteiger partial charge in [-0.25, -0.2) is 0 Å². The number of allylic oxidation sites excluding steroid dienone is 19. The molecule has 9 N–H and O–H groups in total. The maximum absolute atomic E-state index is 13.3. The van der Waals surface area contributed by atoms with Gasteiger partial charge in [-0.15, -0.1) is 0 Å². The minimum Gasteiger partial charge on any atom is -0.394 e. The third-order valence-corrected chi connectivity index (χ3v) is 14.6. The molecule has 0 aliphatic carbocycles. The number of amides is 1. The van der Waals surface area contributed by atoms with Gasteiger partial charge in [-0.2, -0.15) is 0 Å². The van der Waals surface area contributed by atoms with E-state index in [9.17, 15) is 45.6 Å². The Morgan fingerprint density at radius 1 is 0.451 bits per heavy atom. The second-order valence-corrected chi connectivity index (χ2v) is 21.8. The van der Waals surface area contributed by atoms with E-state index in [4.69, 9.17) is 18.9 Å². The summed E-state index contributed by atoms with van der Waals surface area (Å²) in [5.74, 6) is -0.266. The van der Waals surface area contributed by atoms with Crippen molar-refractivity contribution >= 4 is 5.91 Å². The van der Waals surface area contributed by atoms with Crippen molar-refractivity contribution in [3.05, 3.63) is 122 Å². The van der Waals surface area contributed by atoms with Gasteiger partial charge >= 0.3 is 0 Å². The van der Waals surface area contributed by atoms with Crippen molar-refractivity contribution in [2.24, 2.45) is 0 Å². The number of unbranched alkanes of at least 4 members (excludes halogenated alkanes) is 18. The number of carbonyl (C=O) groups excluding carboxylic acids is 1. The molecule has 0 aromatic heterocycles. The molecule has 0 spiro atoms. The lowest BCUT2D eigenvalue weighted by Crippen LogP contribution is -2.65. The SMILES string of the molecule is CC/C=C\C/C=C\C/C=C\C/C=C\C/C=C\C/C=C\C/C=C\CCCCCCCCCCCC(=O)NC(COC1OC(CO)C(OC2OC(CO)C(O)C(O)C2O)C(O)C1O)C(O)/C=C/CC/C=C/CC/C=C/CCCCCCCCC. The number of aliphatic hydroxyl groups excluding tert-OH is 8. The number of aliphatic hydroxyl groups is 8. The molecule has 0 aromatic rings. The van der Waals surface area contributed by atoms with Crippen LogP contribution < -0.4 is 5.32 Å². The monoisotopic (exact) mass is 1150 g/mol. The van der Waals surface area contributed by atoms with Gasteiger partial charge in [0.05, 0.1) is 32.0 Å². The largest absolute Gasteiger partial charge is 0.394 e. The van der Waals surface area contributed by atoms with Crippen LogP contribution in [0.15, 0.2) is 122 Å². The van der Waals surface area contributed by atoms with Gasteiger partial charge in [0.15, 0.2) is 12.6 Å². The number of hydrogen-bond donors (Lipinski definition) is 9. The summed E-state index contributed by atoms with van der Waals surface area (Å²) in [5.41, 5.74) is 0. The molecule has 2 aliphatic rings. The highest BCUT2D eigenvalue weighted by atomic mass is 16.7. The van der Waals surface area contributed by atoms with Gasteiger partial charge in [0.25, 0.3) is 0 Å². The molecule has 2 aliphatic heterocycles. The Kier molecular flexibility index (Phi) is 47.0. The molecule has 2 saturated heterocycles. The molecule has 14 nitrogen and oxygen atoms in total. The van der Waals surface area contributed by atoms with Crippen LogP contribution in [0.4, 0.5) is 0 Å². The van der Waals surface area contributed by atoms with E-state index in [0.717, 1.165) is 103 Å². The molecule has 0 aromatic carbocycles. The van der Waals surface area contributed by atoms with Crippen LogP contribution in [-0.2, 0) is 23.7 Å². The summed E-state index contributed by atoms with van der Waals surface area (Å²) in [6.07, 6.45) is 58.1. The topological polar surface area (TPSA) is 228 Å². The van der Waals surface area contributed by atoms with Crippen molar-refractivity contribution < 1.29 is 64.6 Å². The Balaban J connectivity index is 1.73. The summed E-state index contributed by atoms with van der Waals surface area (Å²) in [5, 5.41) is 87.2. The molecule has 12 atom stereocenters. The fourth-order valence-corrected chi connectivity index (χ4v) is 9.54. The average molecular weight is 1150 g/mol. The molecule has 0 radical (unpaired) electrons. The van der Waals surface area contributed by atoms with Crippen LogP contribution in [0.5, 0.6) is 0 Å². The van der Waals surface area contributed by atoms with E-state index in [1.165, 1.54) is 70.6 Å². The third kappa shape index (κ3) is 36.3. The van der Waals surface area contributed by atoms with Gasteiger partial charge in [-0.3, -0.25) is 4.79 Å². The first-order chi connectivity index (χ1) is 40.1. The van der Waals surface area contributed by atoms with Crippen LogP contribution in [-0.4, -0.2) is 140 Å². The minimum atomic E-state index is -1.80. The fourth-order valence-electron chi connectivity index (χ4n) is 9.54. The Labute approximate surface area is 495 Å². The van der Waals surface area contributed by atoms with Crippen LogP contribution in [0.25, 0.3) is 0 Å². The lowest BCUT2D eigenvalue weighted by atomic mass is 9.97. The summed E-state index contributed by atoms with van der Waals surface area (Å²) in [4.78, 5) is 13.3. The number of carbonyl (C=O) groups is 1. The zero-order valence-corrected chi connectivity index (χ0v) is 50.4. The van der Waals surface area contributed by atoms with Crippen molar-refractivity contribution in [1.82, 2.24) is 5.32 Å². The predicted molar refractivity (Wildman–Crippen MR) is 332 cm³/mol. The van der Waals surface area contributed by atoms with E-state index in [1.54, 1.807) is 6.08 Å². The third-order valence-electron chi connectivity index (χ3n) is 14.6. The number of hydrogen-bond acceptors (Lipinski definition) is 13. The highest BCUT2D eigenvalue weighted by molar-refractivity contribution is 5.76. The molecule has 2 heterocycles. The molecule has 2 rings (SSSR count). The quantitative estimate of drug-likeness (QED) is 0.0204. The first-order valence-electron chi connectivity index (χ1n) is 31.8. The molecule has 12 unspecified atom stereocenters. The predicted octanol–water partition coefficient (Wildman–Crippen LogP) is 11.8. The van der Waals surface area contributed by atoms with E-state index in [0.29, 0.717) is 12.8 Å². The molecule has 0 bridgehead atoms. The summed E-state index contributed by atoms with van der Waals surface area (Å²) in [6, 6.07) is -0.950. The average Bonchev–Trinajstić information content (AvgIpc) is 3.52. The Morgan fingerprint density at radius 2 is 0.854 bits per heavy atom. The summed E-state index contributed by atoms with van der Waals surface area (Å²) in [7, 11) is 0. The van der Waals surface area contributed by atoms with E-state index in [1.807, 2.05) is 6.08 Å². The molecule has 1 amide bonds. The lowest BCUT2D eigenvalue weighted by molar-refractivity contribution is -0.359. The zero-order valence-electron chi connectivity index (χ0n) is 50.4. The van der Waals surface area contributed by atoms with Crippen LogP contribution in [0.1, 0.15) is 206 Å². The van der Waals surface area contributed by atoms with Crippen LogP contribution in [0.2, 0.25) is 0 Å².